The molecule has 0 amide bonds. The van der Waals surface area contributed by atoms with Gasteiger partial charge in [0.05, 0.1) is 17.7 Å². The molecule has 3 heterocycles. The SMILES string of the molecule is Cc1cc2nccc(-c3cccc(-c4ccco4)c3)n2n1. The van der Waals surface area contributed by atoms with Gasteiger partial charge in [-0.1, -0.05) is 18.2 Å². The van der Waals surface area contributed by atoms with Crippen molar-refractivity contribution in [1.29, 1.82) is 0 Å². The summed E-state index contributed by atoms with van der Waals surface area (Å²) >= 11 is 0. The van der Waals surface area contributed by atoms with Gasteiger partial charge in [0.15, 0.2) is 5.65 Å². The first-order valence-corrected chi connectivity index (χ1v) is 6.77. The lowest BCUT2D eigenvalue weighted by atomic mass is 10.1. The summed E-state index contributed by atoms with van der Waals surface area (Å²) in [6.07, 6.45) is 3.49. The highest BCUT2D eigenvalue weighted by Gasteiger charge is 2.08. The van der Waals surface area contributed by atoms with Crippen molar-refractivity contribution in [2.75, 3.05) is 0 Å². The first-order chi connectivity index (χ1) is 10.3. The van der Waals surface area contributed by atoms with Crippen molar-refractivity contribution >= 4 is 5.65 Å². The Morgan fingerprint density at radius 1 is 1.00 bits per heavy atom. The van der Waals surface area contributed by atoms with E-state index in [1.54, 1.807) is 6.26 Å². The number of aromatic nitrogens is 3. The molecule has 0 saturated heterocycles. The van der Waals surface area contributed by atoms with Crippen LogP contribution in [0.1, 0.15) is 5.69 Å². The number of aryl methyl sites for hydroxylation is 1. The summed E-state index contributed by atoms with van der Waals surface area (Å²) in [5.74, 6) is 0.860. The molecule has 0 fully saturated rings. The lowest BCUT2D eigenvalue weighted by Crippen LogP contribution is -1.95. The fraction of sp³-hybridized carbons (Fsp3) is 0.0588. The van der Waals surface area contributed by atoms with Crippen LogP contribution in [-0.2, 0) is 0 Å². The summed E-state index contributed by atoms with van der Waals surface area (Å²) in [6.45, 7) is 1.97. The average Bonchev–Trinajstić information content (AvgIpc) is 3.15. The molecule has 0 radical (unpaired) electrons. The van der Waals surface area contributed by atoms with Gasteiger partial charge in [-0.05, 0) is 31.2 Å². The van der Waals surface area contributed by atoms with Gasteiger partial charge in [0.1, 0.15) is 5.76 Å². The van der Waals surface area contributed by atoms with E-state index >= 15 is 0 Å². The van der Waals surface area contributed by atoms with Crippen LogP contribution in [0.15, 0.2) is 65.4 Å². The quantitative estimate of drug-likeness (QED) is 0.556. The number of benzene rings is 1. The Labute approximate surface area is 121 Å². The van der Waals surface area contributed by atoms with Crippen LogP contribution in [0.5, 0.6) is 0 Å². The van der Waals surface area contributed by atoms with Gasteiger partial charge in [-0.3, -0.25) is 0 Å². The maximum Gasteiger partial charge on any atom is 0.155 e. The first kappa shape index (κ1) is 11.9. The molecule has 0 bridgehead atoms. The minimum absolute atomic E-state index is 0.855. The largest absolute Gasteiger partial charge is 0.464 e. The van der Waals surface area contributed by atoms with Gasteiger partial charge in [-0.25, -0.2) is 9.50 Å². The topological polar surface area (TPSA) is 43.3 Å². The molecule has 0 saturated carbocycles. The normalized spacial score (nSPS) is 11.1. The van der Waals surface area contributed by atoms with E-state index in [1.807, 2.05) is 54.0 Å². The summed E-state index contributed by atoms with van der Waals surface area (Å²) < 4.78 is 7.34. The first-order valence-electron chi connectivity index (χ1n) is 6.77. The van der Waals surface area contributed by atoms with Crippen molar-refractivity contribution in [2.24, 2.45) is 0 Å². The third-order valence-corrected chi connectivity index (χ3v) is 3.44. The van der Waals surface area contributed by atoms with Crippen molar-refractivity contribution < 1.29 is 4.42 Å². The zero-order valence-corrected chi connectivity index (χ0v) is 11.5. The third kappa shape index (κ3) is 2.01. The van der Waals surface area contributed by atoms with Crippen LogP contribution < -0.4 is 0 Å². The molecule has 0 atom stereocenters. The zero-order valence-electron chi connectivity index (χ0n) is 11.5. The fourth-order valence-electron chi connectivity index (χ4n) is 2.50. The minimum Gasteiger partial charge on any atom is -0.464 e. The number of furan rings is 1. The Morgan fingerprint density at radius 2 is 1.90 bits per heavy atom. The van der Waals surface area contributed by atoms with E-state index < -0.39 is 0 Å². The van der Waals surface area contributed by atoms with Crippen LogP contribution in [0.4, 0.5) is 0 Å². The van der Waals surface area contributed by atoms with Crippen LogP contribution in [-0.4, -0.2) is 14.6 Å². The molecule has 0 aliphatic carbocycles. The second kappa shape index (κ2) is 4.59. The average molecular weight is 275 g/mol. The van der Waals surface area contributed by atoms with E-state index in [-0.39, 0.29) is 0 Å². The summed E-state index contributed by atoms with van der Waals surface area (Å²) in [5, 5.41) is 4.51. The summed E-state index contributed by atoms with van der Waals surface area (Å²) in [4.78, 5) is 4.34. The lowest BCUT2D eigenvalue weighted by molar-refractivity contribution is 0.582. The predicted molar refractivity (Wildman–Crippen MR) is 80.9 cm³/mol. The van der Waals surface area contributed by atoms with Crippen molar-refractivity contribution in [2.45, 2.75) is 6.92 Å². The highest BCUT2D eigenvalue weighted by Crippen LogP contribution is 2.26. The second-order valence-corrected chi connectivity index (χ2v) is 4.94. The Hall–Kier alpha value is -2.88. The van der Waals surface area contributed by atoms with Gasteiger partial charge in [-0.2, -0.15) is 5.10 Å². The lowest BCUT2D eigenvalue weighted by Gasteiger charge is -2.06. The smallest absolute Gasteiger partial charge is 0.155 e. The standard InChI is InChI=1S/C17H13N3O/c1-12-10-17-18-8-7-15(20(17)19-12)13-4-2-5-14(11-13)16-6-3-9-21-16/h2-11H,1H3. The van der Waals surface area contributed by atoms with Gasteiger partial charge < -0.3 is 4.42 Å². The van der Waals surface area contributed by atoms with Crippen molar-refractivity contribution in [3.63, 3.8) is 0 Å². The van der Waals surface area contributed by atoms with Crippen molar-refractivity contribution in [3.05, 3.63) is 66.7 Å². The second-order valence-electron chi connectivity index (χ2n) is 4.94. The van der Waals surface area contributed by atoms with E-state index in [1.165, 1.54) is 0 Å². The Kier molecular flexibility index (Phi) is 2.60. The molecule has 0 unspecified atom stereocenters. The van der Waals surface area contributed by atoms with E-state index in [2.05, 4.69) is 22.2 Å². The molecule has 4 aromatic rings. The number of rotatable bonds is 2. The molecule has 0 aliphatic heterocycles. The zero-order chi connectivity index (χ0) is 14.2. The number of hydrogen-bond acceptors (Lipinski definition) is 3. The molecule has 0 aliphatic rings. The van der Waals surface area contributed by atoms with Crippen molar-refractivity contribution in [1.82, 2.24) is 14.6 Å². The van der Waals surface area contributed by atoms with E-state index in [9.17, 15) is 0 Å². The van der Waals surface area contributed by atoms with E-state index in [0.29, 0.717) is 0 Å². The van der Waals surface area contributed by atoms with Crippen LogP contribution in [0.25, 0.3) is 28.2 Å². The molecule has 4 rings (SSSR count). The molecule has 0 spiro atoms. The fourth-order valence-corrected chi connectivity index (χ4v) is 2.50. The Morgan fingerprint density at radius 3 is 2.76 bits per heavy atom. The summed E-state index contributed by atoms with van der Waals surface area (Å²) in [5.41, 5.74) is 4.96. The monoisotopic (exact) mass is 275 g/mol. The summed E-state index contributed by atoms with van der Waals surface area (Å²) in [6, 6.07) is 16.0. The van der Waals surface area contributed by atoms with Gasteiger partial charge in [-0.15, -0.1) is 0 Å². The minimum atomic E-state index is 0.855. The molecule has 4 heteroatoms. The molecule has 3 aromatic heterocycles. The number of fused-ring (bicyclic) bond motifs is 1. The number of nitrogens with zero attached hydrogens (tertiary/aromatic N) is 3. The molecular weight excluding hydrogens is 262 g/mol. The predicted octanol–water partition coefficient (Wildman–Crippen LogP) is 3.96. The molecule has 0 N–H and O–H groups in total. The molecular formula is C17H13N3O. The van der Waals surface area contributed by atoms with Crippen LogP contribution in [0.2, 0.25) is 0 Å². The van der Waals surface area contributed by atoms with Crippen LogP contribution >= 0.6 is 0 Å². The third-order valence-electron chi connectivity index (χ3n) is 3.44. The van der Waals surface area contributed by atoms with Gasteiger partial charge in [0.25, 0.3) is 0 Å². The highest BCUT2D eigenvalue weighted by atomic mass is 16.3. The highest BCUT2D eigenvalue weighted by molar-refractivity contribution is 5.70. The van der Waals surface area contributed by atoms with E-state index in [4.69, 9.17) is 4.42 Å². The maximum absolute atomic E-state index is 5.47. The van der Waals surface area contributed by atoms with Crippen LogP contribution in [0, 0.1) is 6.92 Å². The Balaban J connectivity index is 1.91. The van der Waals surface area contributed by atoms with Crippen LogP contribution in [0.3, 0.4) is 0 Å². The van der Waals surface area contributed by atoms with E-state index in [0.717, 1.165) is 33.9 Å². The summed E-state index contributed by atoms with van der Waals surface area (Å²) in [7, 11) is 0. The Bertz CT molecular complexity index is 907. The van der Waals surface area contributed by atoms with Crippen molar-refractivity contribution in [3.8, 4) is 22.6 Å². The number of hydrogen-bond donors (Lipinski definition) is 0. The molecule has 1 aromatic carbocycles. The van der Waals surface area contributed by atoms with Gasteiger partial charge in [0, 0.05) is 23.4 Å². The van der Waals surface area contributed by atoms with Gasteiger partial charge in [0.2, 0.25) is 0 Å². The maximum atomic E-state index is 5.47. The molecule has 102 valence electrons. The molecule has 21 heavy (non-hydrogen) atoms. The molecule has 4 nitrogen and oxygen atoms in total. The van der Waals surface area contributed by atoms with Gasteiger partial charge >= 0.3 is 0 Å².